The minimum absolute atomic E-state index is 0.0115. The average molecular weight is 353 g/mol. The second kappa shape index (κ2) is 7.09. The van der Waals surface area contributed by atoms with Crippen LogP contribution in [0, 0.1) is 0 Å². The van der Waals surface area contributed by atoms with Gasteiger partial charge in [0.05, 0.1) is 18.6 Å². The molecule has 2 aliphatic heterocycles. The molecule has 1 aromatic rings. The first-order valence-electron chi connectivity index (χ1n) is 8.07. The van der Waals surface area contributed by atoms with Crippen LogP contribution in [0.4, 0.5) is 0 Å². The van der Waals surface area contributed by atoms with Gasteiger partial charge in [-0.25, -0.2) is 0 Å². The maximum Gasteiger partial charge on any atom is 0.248 e. The molecule has 0 saturated carbocycles. The number of amides is 2. The predicted molar refractivity (Wildman–Crippen MR) is 88.7 cm³/mol. The predicted octanol–water partition coefficient (Wildman–Crippen LogP) is 1.10. The van der Waals surface area contributed by atoms with Gasteiger partial charge in [-0.2, -0.15) is 0 Å². The van der Waals surface area contributed by atoms with Gasteiger partial charge in [-0.3, -0.25) is 9.59 Å². The molecule has 3 rings (SSSR count). The molecule has 6 nitrogen and oxygen atoms in total. The van der Waals surface area contributed by atoms with Crippen LogP contribution in [-0.2, 0) is 24.5 Å². The van der Waals surface area contributed by atoms with E-state index in [1.165, 1.54) is 0 Å². The lowest BCUT2D eigenvalue weighted by atomic mass is 9.73. The summed E-state index contributed by atoms with van der Waals surface area (Å²) in [7, 11) is 0. The zero-order valence-electron chi connectivity index (χ0n) is 13.4. The molecule has 1 atom stereocenters. The highest BCUT2D eigenvalue weighted by molar-refractivity contribution is 6.30. The number of ether oxygens (including phenoxy) is 2. The molecule has 24 heavy (non-hydrogen) atoms. The third-order valence-electron chi connectivity index (χ3n) is 4.80. The van der Waals surface area contributed by atoms with Crippen molar-refractivity contribution in [3.05, 3.63) is 34.9 Å². The number of carbonyl (C=O) groups excluding carboxylic acids is 2. The fraction of sp³-hybridized carbons (Fsp3) is 0.529. The molecule has 0 radical (unpaired) electrons. The number of morpholine rings is 1. The number of nitrogens with two attached hydrogens (primary N) is 1. The Morgan fingerprint density at radius 3 is 2.67 bits per heavy atom. The topological polar surface area (TPSA) is 81.9 Å². The van der Waals surface area contributed by atoms with Crippen molar-refractivity contribution < 1.29 is 19.1 Å². The third-order valence-corrected chi connectivity index (χ3v) is 5.04. The number of benzene rings is 1. The highest BCUT2D eigenvalue weighted by Gasteiger charge is 2.45. The lowest BCUT2D eigenvalue weighted by Gasteiger charge is -2.42. The first-order valence-corrected chi connectivity index (χ1v) is 8.45. The van der Waals surface area contributed by atoms with Crippen LogP contribution in [0.1, 0.15) is 18.4 Å². The molecule has 0 bridgehead atoms. The van der Waals surface area contributed by atoms with E-state index in [9.17, 15) is 9.59 Å². The number of hydrogen-bond donors (Lipinski definition) is 1. The minimum Gasteiger partial charge on any atom is -0.381 e. The van der Waals surface area contributed by atoms with E-state index < -0.39 is 17.4 Å². The van der Waals surface area contributed by atoms with E-state index >= 15 is 0 Å². The Morgan fingerprint density at radius 2 is 2.00 bits per heavy atom. The first kappa shape index (κ1) is 17.2. The van der Waals surface area contributed by atoms with Crippen LogP contribution >= 0.6 is 11.6 Å². The molecule has 7 heteroatoms. The first-order chi connectivity index (χ1) is 11.5. The standard InChI is InChI=1S/C17H21ClN2O4/c18-13-3-1-2-12(10-13)17(4-7-23-8-5-17)16(22)20-6-9-24-14(11-20)15(19)21/h1-3,10,14H,4-9,11H2,(H2,19,21). The summed E-state index contributed by atoms with van der Waals surface area (Å²) in [6.45, 7) is 1.98. The van der Waals surface area contributed by atoms with Gasteiger partial charge in [-0.15, -0.1) is 0 Å². The van der Waals surface area contributed by atoms with Gasteiger partial charge in [-0.1, -0.05) is 23.7 Å². The molecule has 2 heterocycles. The van der Waals surface area contributed by atoms with E-state index in [2.05, 4.69) is 0 Å². The lowest BCUT2D eigenvalue weighted by Crippen LogP contribution is -2.56. The van der Waals surface area contributed by atoms with Gasteiger partial charge in [-0.05, 0) is 30.5 Å². The molecule has 0 aromatic heterocycles. The second-order valence-corrected chi connectivity index (χ2v) is 6.65. The van der Waals surface area contributed by atoms with E-state index in [0.29, 0.717) is 44.2 Å². The third kappa shape index (κ3) is 3.27. The summed E-state index contributed by atoms with van der Waals surface area (Å²) in [5.41, 5.74) is 5.55. The number of hydrogen-bond acceptors (Lipinski definition) is 4. The Bertz CT molecular complexity index is 631. The quantitative estimate of drug-likeness (QED) is 0.883. The van der Waals surface area contributed by atoms with Crippen molar-refractivity contribution in [2.75, 3.05) is 32.9 Å². The van der Waals surface area contributed by atoms with Crippen LogP contribution in [0.15, 0.2) is 24.3 Å². The molecular weight excluding hydrogens is 332 g/mol. The molecule has 2 N–H and O–H groups in total. The molecular formula is C17H21ClN2O4. The Balaban J connectivity index is 1.91. The minimum atomic E-state index is -0.751. The molecule has 0 aliphatic carbocycles. The number of carbonyl (C=O) groups is 2. The van der Waals surface area contributed by atoms with Crippen LogP contribution in [0.25, 0.3) is 0 Å². The fourth-order valence-electron chi connectivity index (χ4n) is 3.44. The van der Waals surface area contributed by atoms with E-state index in [-0.39, 0.29) is 12.5 Å². The SMILES string of the molecule is NC(=O)C1CN(C(=O)C2(c3cccc(Cl)c3)CCOCC2)CCO1. The summed E-state index contributed by atoms with van der Waals surface area (Å²) in [5.74, 6) is -0.557. The molecule has 130 valence electrons. The van der Waals surface area contributed by atoms with E-state index in [1.54, 1.807) is 11.0 Å². The number of halogens is 1. The van der Waals surface area contributed by atoms with Crippen molar-refractivity contribution in [3.63, 3.8) is 0 Å². The molecule has 0 spiro atoms. The Hall–Kier alpha value is -1.63. The van der Waals surface area contributed by atoms with Gasteiger partial charge in [0, 0.05) is 24.8 Å². The summed E-state index contributed by atoms with van der Waals surface area (Å²) < 4.78 is 10.8. The van der Waals surface area contributed by atoms with Crippen LogP contribution in [0.5, 0.6) is 0 Å². The van der Waals surface area contributed by atoms with Crippen LogP contribution in [0.2, 0.25) is 5.02 Å². The highest BCUT2D eigenvalue weighted by atomic mass is 35.5. The molecule has 2 fully saturated rings. The smallest absolute Gasteiger partial charge is 0.248 e. The summed E-state index contributed by atoms with van der Waals surface area (Å²) in [4.78, 5) is 26.5. The fourth-order valence-corrected chi connectivity index (χ4v) is 3.63. The molecule has 1 aromatic carbocycles. The van der Waals surface area contributed by atoms with Crippen LogP contribution < -0.4 is 5.73 Å². The zero-order valence-corrected chi connectivity index (χ0v) is 14.1. The summed E-state index contributed by atoms with van der Waals surface area (Å²) >= 11 is 6.14. The van der Waals surface area contributed by atoms with Crippen LogP contribution in [0.3, 0.4) is 0 Å². The molecule has 2 amide bonds. The maximum absolute atomic E-state index is 13.4. The van der Waals surface area contributed by atoms with Crippen molar-refractivity contribution in [2.45, 2.75) is 24.4 Å². The van der Waals surface area contributed by atoms with E-state index in [0.717, 1.165) is 5.56 Å². The van der Waals surface area contributed by atoms with E-state index in [1.807, 2.05) is 18.2 Å². The van der Waals surface area contributed by atoms with Crippen molar-refractivity contribution in [3.8, 4) is 0 Å². The summed E-state index contributed by atoms with van der Waals surface area (Å²) in [5, 5.41) is 0.600. The van der Waals surface area contributed by atoms with Crippen molar-refractivity contribution in [1.29, 1.82) is 0 Å². The highest BCUT2D eigenvalue weighted by Crippen LogP contribution is 2.38. The van der Waals surface area contributed by atoms with Crippen molar-refractivity contribution in [1.82, 2.24) is 4.90 Å². The largest absolute Gasteiger partial charge is 0.381 e. The number of rotatable bonds is 3. The van der Waals surface area contributed by atoms with Crippen molar-refractivity contribution in [2.24, 2.45) is 5.73 Å². The second-order valence-electron chi connectivity index (χ2n) is 6.22. The van der Waals surface area contributed by atoms with Gasteiger partial charge in [0.2, 0.25) is 11.8 Å². The van der Waals surface area contributed by atoms with Gasteiger partial charge >= 0.3 is 0 Å². The lowest BCUT2D eigenvalue weighted by molar-refractivity contribution is -0.152. The number of nitrogens with zero attached hydrogens (tertiary/aromatic N) is 1. The zero-order chi connectivity index (χ0) is 17.2. The maximum atomic E-state index is 13.4. The van der Waals surface area contributed by atoms with Crippen molar-refractivity contribution >= 4 is 23.4 Å². The monoisotopic (exact) mass is 352 g/mol. The molecule has 1 unspecified atom stereocenters. The van der Waals surface area contributed by atoms with Gasteiger partial charge in [0.25, 0.3) is 0 Å². The van der Waals surface area contributed by atoms with Crippen LogP contribution in [-0.4, -0.2) is 55.7 Å². The average Bonchev–Trinajstić information content (AvgIpc) is 2.61. The van der Waals surface area contributed by atoms with Gasteiger partial charge in [0.1, 0.15) is 0 Å². The molecule has 2 aliphatic rings. The Kier molecular flexibility index (Phi) is 5.08. The molecule has 2 saturated heterocycles. The Labute approximate surface area is 145 Å². The normalized spacial score (nSPS) is 23.7. The summed E-state index contributed by atoms with van der Waals surface area (Å²) in [6, 6.07) is 7.42. The van der Waals surface area contributed by atoms with Gasteiger partial charge < -0.3 is 20.1 Å². The Morgan fingerprint density at radius 1 is 1.25 bits per heavy atom. The van der Waals surface area contributed by atoms with Gasteiger partial charge in [0.15, 0.2) is 6.10 Å². The summed E-state index contributed by atoms with van der Waals surface area (Å²) in [6.07, 6.45) is 0.425. The van der Waals surface area contributed by atoms with E-state index in [4.69, 9.17) is 26.8 Å². The number of primary amides is 1.